The lowest BCUT2D eigenvalue weighted by Gasteiger charge is -2.33. The highest BCUT2D eigenvalue weighted by molar-refractivity contribution is 6.11. The van der Waals surface area contributed by atoms with Crippen molar-refractivity contribution in [2.45, 2.75) is 32.3 Å². The normalized spacial score (nSPS) is 19.2. The smallest absolute Gasteiger partial charge is 0.248 e. The van der Waals surface area contributed by atoms with Gasteiger partial charge in [0.15, 0.2) is 0 Å². The summed E-state index contributed by atoms with van der Waals surface area (Å²) in [5.41, 5.74) is 4.35. The van der Waals surface area contributed by atoms with Gasteiger partial charge in [0, 0.05) is 17.9 Å². The van der Waals surface area contributed by atoms with Gasteiger partial charge in [0.05, 0.1) is 32.5 Å². The van der Waals surface area contributed by atoms with Gasteiger partial charge in [0.1, 0.15) is 18.4 Å². The zero-order chi connectivity index (χ0) is 20.6. The second kappa shape index (κ2) is 9.06. The number of amides is 1. The van der Waals surface area contributed by atoms with E-state index in [-0.39, 0.29) is 41.9 Å². The number of hydrazone groups is 1. The largest absolute Gasteiger partial charge is 1.00 e. The number of benzene rings is 2. The Kier molecular flexibility index (Phi) is 6.87. The van der Waals surface area contributed by atoms with Crippen molar-refractivity contribution in [2.24, 2.45) is 11.0 Å². The number of carbonyl (C=O) groups is 1. The van der Waals surface area contributed by atoms with Crippen molar-refractivity contribution < 1.29 is 38.0 Å². The van der Waals surface area contributed by atoms with E-state index in [9.17, 15) is 4.79 Å². The molecule has 1 aliphatic heterocycles. The first-order valence-corrected chi connectivity index (χ1v) is 10.4. The third kappa shape index (κ3) is 5.03. The van der Waals surface area contributed by atoms with Gasteiger partial charge in [-0.3, -0.25) is 4.79 Å². The Hall–Kier alpha value is -1.93. The predicted molar refractivity (Wildman–Crippen MR) is 116 cm³/mol. The minimum Gasteiger partial charge on any atom is -1.00 e. The monoisotopic (exact) mass is 519 g/mol. The van der Waals surface area contributed by atoms with Gasteiger partial charge in [-0.2, -0.15) is 5.10 Å². The maximum Gasteiger partial charge on any atom is 0.248 e. The van der Waals surface area contributed by atoms with Crippen molar-refractivity contribution in [3.63, 3.8) is 0 Å². The predicted octanol–water partition coefficient (Wildman–Crippen LogP) is 0.868. The fourth-order valence-electron chi connectivity index (χ4n) is 4.38. The van der Waals surface area contributed by atoms with Crippen molar-refractivity contribution in [3.05, 3.63) is 59.7 Å². The molecule has 0 spiro atoms. The number of aryl methyl sites for hydroxylation is 1. The Labute approximate surface area is 196 Å². The lowest BCUT2D eigenvalue weighted by atomic mass is 9.79. The van der Waals surface area contributed by atoms with Crippen LogP contribution in [0.5, 0.6) is 5.75 Å². The first kappa shape index (κ1) is 22.7. The molecule has 0 radical (unpaired) electrons. The van der Waals surface area contributed by atoms with Crippen molar-refractivity contribution in [1.29, 1.82) is 0 Å². The van der Waals surface area contributed by atoms with Crippen LogP contribution in [0.15, 0.2) is 53.6 Å². The molecule has 4 rings (SSSR count). The van der Waals surface area contributed by atoms with Crippen LogP contribution in [0.25, 0.3) is 0 Å². The van der Waals surface area contributed by atoms with Crippen LogP contribution in [0.4, 0.5) is 5.69 Å². The summed E-state index contributed by atoms with van der Waals surface area (Å²) in [6, 6.07) is 16.1. The number of quaternary nitrogens is 1. The third-order valence-electron chi connectivity index (χ3n) is 5.53. The average molecular weight is 519 g/mol. The molecule has 2 aromatic rings. The van der Waals surface area contributed by atoms with Crippen molar-refractivity contribution in [2.75, 3.05) is 32.7 Å². The van der Waals surface area contributed by atoms with Crippen LogP contribution < -0.4 is 33.7 Å². The number of fused-ring (bicyclic) bond motifs is 3. The number of hydrogen-bond donors (Lipinski definition) is 0. The van der Waals surface area contributed by atoms with Crippen LogP contribution in [-0.2, 0) is 11.2 Å². The lowest BCUT2D eigenvalue weighted by Crippen LogP contribution is -3.00. The maximum atomic E-state index is 12.8. The Balaban J connectivity index is 0.00000256. The topological polar surface area (TPSA) is 41.9 Å². The summed E-state index contributed by atoms with van der Waals surface area (Å²) in [6.07, 6.45) is 2.64. The molecule has 0 saturated heterocycles. The molecule has 2 aromatic carbocycles. The number of hydrogen-bond acceptors (Lipinski definition) is 3. The summed E-state index contributed by atoms with van der Waals surface area (Å²) in [4.78, 5) is 12.8. The Morgan fingerprint density at radius 1 is 1.13 bits per heavy atom. The second-order valence-corrected chi connectivity index (χ2v) is 9.18. The summed E-state index contributed by atoms with van der Waals surface area (Å²) < 4.78 is 6.89. The Bertz CT molecular complexity index is 934. The fraction of sp³-hybridized carbons (Fsp3) is 0.417. The number of nitrogens with zero attached hydrogens (tertiary/aromatic N) is 3. The second-order valence-electron chi connectivity index (χ2n) is 9.18. The molecule has 0 bridgehead atoms. The molecule has 5 nitrogen and oxygen atoms in total. The quantitative estimate of drug-likeness (QED) is 0.435. The van der Waals surface area contributed by atoms with Crippen LogP contribution in [0.2, 0.25) is 0 Å². The first-order valence-electron chi connectivity index (χ1n) is 10.4. The van der Waals surface area contributed by atoms with Crippen LogP contribution in [0.1, 0.15) is 30.9 Å². The van der Waals surface area contributed by atoms with Gasteiger partial charge in [0.2, 0.25) is 5.91 Å². The molecule has 2 unspecified atom stereocenters. The highest BCUT2D eigenvalue weighted by Gasteiger charge is 2.34. The number of ether oxygens (including phenoxy) is 1. The number of halogens is 1. The van der Waals surface area contributed by atoms with E-state index in [4.69, 9.17) is 9.84 Å². The minimum atomic E-state index is 0. The Morgan fingerprint density at radius 3 is 2.53 bits per heavy atom. The van der Waals surface area contributed by atoms with Gasteiger partial charge in [-0.05, 0) is 49.6 Å². The summed E-state index contributed by atoms with van der Waals surface area (Å²) in [5, 5.41) is 6.36. The molecule has 160 valence electrons. The molecule has 2 aliphatic rings. The molecule has 0 saturated carbocycles. The Morgan fingerprint density at radius 2 is 1.83 bits per heavy atom. The molecule has 1 amide bonds. The first-order chi connectivity index (χ1) is 13.8. The van der Waals surface area contributed by atoms with E-state index in [1.54, 1.807) is 5.01 Å². The summed E-state index contributed by atoms with van der Waals surface area (Å²) >= 11 is 0. The molecular weight excluding hydrogens is 489 g/mol. The van der Waals surface area contributed by atoms with Crippen molar-refractivity contribution in [1.82, 2.24) is 0 Å². The van der Waals surface area contributed by atoms with E-state index in [0.717, 1.165) is 41.0 Å². The standard InChI is InChI=1S/C24H30N3O2.HI/c1-17(16-27(2,3)4)29-21-13-11-20(12-14-21)26-23(28)15-19-10-9-18-7-5-6-8-22(18)24(19)25-26;/h5-8,11-14,17,19H,9-10,15-16H2,1-4H3;1H/q+1;/p-1. The maximum absolute atomic E-state index is 12.8. The SMILES string of the molecule is CC(C[N+](C)(C)C)Oc1ccc(N2N=C3c4ccccc4CCC3CC2=O)cc1.[I-]. The molecule has 1 aliphatic carbocycles. The number of rotatable bonds is 5. The van der Waals surface area contributed by atoms with E-state index in [2.05, 4.69) is 46.3 Å². The average Bonchev–Trinajstić information content (AvgIpc) is 2.66. The fourth-order valence-corrected chi connectivity index (χ4v) is 4.38. The molecule has 0 fully saturated rings. The number of likely N-dealkylation sites (N-methyl/N-ethyl adjacent to an activating group) is 1. The van der Waals surface area contributed by atoms with Gasteiger partial charge in [-0.25, -0.2) is 5.01 Å². The van der Waals surface area contributed by atoms with E-state index in [0.29, 0.717) is 6.42 Å². The molecular formula is C24H30IN3O2. The van der Waals surface area contributed by atoms with Crippen molar-refractivity contribution in [3.8, 4) is 5.75 Å². The van der Waals surface area contributed by atoms with E-state index >= 15 is 0 Å². The van der Waals surface area contributed by atoms with Crippen LogP contribution in [0, 0.1) is 5.92 Å². The zero-order valence-corrected chi connectivity index (χ0v) is 20.3. The summed E-state index contributed by atoms with van der Waals surface area (Å²) in [5.74, 6) is 1.10. The minimum absolute atomic E-state index is 0. The van der Waals surface area contributed by atoms with Crippen LogP contribution >= 0.6 is 0 Å². The van der Waals surface area contributed by atoms with Gasteiger partial charge in [0.25, 0.3) is 0 Å². The van der Waals surface area contributed by atoms with E-state index in [1.807, 2.05) is 30.3 Å². The summed E-state index contributed by atoms with van der Waals surface area (Å²) in [7, 11) is 6.46. The van der Waals surface area contributed by atoms with Gasteiger partial charge in [-0.1, -0.05) is 24.3 Å². The molecule has 1 heterocycles. The lowest BCUT2D eigenvalue weighted by molar-refractivity contribution is -0.872. The van der Waals surface area contributed by atoms with E-state index < -0.39 is 0 Å². The highest BCUT2D eigenvalue weighted by Crippen LogP contribution is 2.34. The molecule has 0 aromatic heterocycles. The van der Waals surface area contributed by atoms with Gasteiger partial charge < -0.3 is 33.2 Å². The van der Waals surface area contributed by atoms with Crippen LogP contribution in [-0.4, -0.2) is 49.9 Å². The molecule has 0 N–H and O–H groups in total. The molecule has 6 heteroatoms. The highest BCUT2D eigenvalue weighted by atomic mass is 127. The summed E-state index contributed by atoms with van der Waals surface area (Å²) in [6.45, 7) is 3.00. The molecule has 30 heavy (non-hydrogen) atoms. The third-order valence-corrected chi connectivity index (χ3v) is 5.53. The van der Waals surface area contributed by atoms with Gasteiger partial charge in [-0.15, -0.1) is 0 Å². The zero-order valence-electron chi connectivity index (χ0n) is 18.1. The molecule has 2 atom stereocenters. The van der Waals surface area contributed by atoms with Gasteiger partial charge >= 0.3 is 0 Å². The van der Waals surface area contributed by atoms with Crippen LogP contribution in [0.3, 0.4) is 0 Å². The number of carbonyl (C=O) groups excluding carboxylic acids is 1. The number of anilines is 1. The van der Waals surface area contributed by atoms with Crippen molar-refractivity contribution >= 4 is 17.3 Å². The van der Waals surface area contributed by atoms with E-state index in [1.165, 1.54) is 11.1 Å².